The van der Waals surface area contributed by atoms with E-state index < -0.39 is 0 Å². The number of hydrogen-bond acceptors (Lipinski definition) is 4. The van der Waals surface area contributed by atoms with Crippen LogP contribution in [0.2, 0.25) is 0 Å². The zero-order valence-corrected chi connectivity index (χ0v) is 17.5. The van der Waals surface area contributed by atoms with Crippen LogP contribution in [0.25, 0.3) is 0 Å². The molecule has 0 aromatic heterocycles. The molecule has 158 valence electrons. The molecule has 3 amide bonds. The van der Waals surface area contributed by atoms with Gasteiger partial charge in [-0.2, -0.15) is 0 Å². The smallest absolute Gasteiger partial charge is 0.409 e. The first-order valence-corrected chi connectivity index (χ1v) is 11.2. The average molecular weight is 393 g/mol. The molecular formula is C21H36N4O3. The van der Waals surface area contributed by atoms with Crippen LogP contribution in [-0.2, 0) is 4.74 Å². The molecule has 1 spiro atoms. The molecule has 2 unspecified atom stereocenters. The Morgan fingerprint density at radius 3 is 2.50 bits per heavy atom. The van der Waals surface area contributed by atoms with Crippen molar-refractivity contribution in [2.24, 2.45) is 11.3 Å². The van der Waals surface area contributed by atoms with Gasteiger partial charge in [-0.1, -0.05) is 0 Å². The fourth-order valence-corrected chi connectivity index (χ4v) is 6.29. The molecule has 4 fully saturated rings. The molecule has 7 nitrogen and oxygen atoms in total. The second-order valence-electron chi connectivity index (χ2n) is 9.12. The molecule has 3 aliphatic heterocycles. The van der Waals surface area contributed by atoms with E-state index in [1.54, 1.807) is 7.05 Å². The minimum Gasteiger partial charge on any atom is -0.450 e. The van der Waals surface area contributed by atoms with Crippen molar-refractivity contribution >= 4 is 12.1 Å². The molecule has 28 heavy (non-hydrogen) atoms. The first kappa shape index (κ1) is 19.8. The van der Waals surface area contributed by atoms with Crippen LogP contribution in [0.4, 0.5) is 9.59 Å². The van der Waals surface area contributed by atoms with Crippen LogP contribution >= 0.6 is 0 Å². The lowest BCUT2D eigenvalue weighted by Crippen LogP contribution is -2.59. The maximum Gasteiger partial charge on any atom is 0.409 e. The number of carbonyl (C=O) groups is 2. The lowest BCUT2D eigenvalue weighted by molar-refractivity contribution is -0.0387. The topological polar surface area (TPSA) is 65.1 Å². The van der Waals surface area contributed by atoms with Gasteiger partial charge in [0.25, 0.3) is 0 Å². The number of hydrogen-bond donors (Lipinski definition) is 1. The van der Waals surface area contributed by atoms with E-state index in [1.165, 1.54) is 25.7 Å². The second-order valence-corrected chi connectivity index (χ2v) is 9.12. The van der Waals surface area contributed by atoms with Crippen molar-refractivity contribution in [3.8, 4) is 0 Å². The Morgan fingerprint density at radius 2 is 1.86 bits per heavy atom. The monoisotopic (exact) mass is 392 g/mol. The zero-order chi connectivity index (χ0) is 19.7. The molecule has 3 heterocycles. The lowest BCUT2D eigenvalue weighted by Gasteiger charge is -2.54. The van der Waals surface area contributed by atoms with Gasteiger partial charge in [0.15, 0.2) is 0 Å². The molecule has 0 aromatic carbocycles. The molecule has 0 aromatic rings. The van der Waals surface area contributed by atoms with Gasteiger partial charge in [-0.3, -0.25) is 4.90 Å². The number of ether oxygens (including phenoxy) is 1. The molecule has 4 aliphatic rings. The summed E-state index contributed by atoms with van der Waals surface area (Å²) in [4.78, 5) is 30.9. The molecule has 7 heteroatoms. The van der Waals surface area contributed by atoms with Gasteiger partial charge in [-0.15, -0.1) is 0 Å². The fraction of sp³-hybridized carbons (Fsp3) is 0.905. The number of rotatable bonds is 3. The van der Waals surface area contributed by atoms with Gasteiger partial charge >= 0.3 is 12.1 Å². The highest BCUT2D eigenvalue weighted by atomic mass is 16.6. The summed E-state index contributed by atoms with van der Waals surface area (Å²) in [6, 6.07) is 1.13. The summed E-state index contributed by atoms with van der Waals surface area (Å²) in [5.41, 5.74) is 0.293. The fourth-order valence-electron chi connectivity index (χ4n) is 6.29. The third kappa shape index (κ3) is 3.46. The van der Waals surface area contributed by atoms with E-state index in [0.29, 0.717) is 30.0 Å². The van der Waals surface area contributed by atoms with Crippen molar-refractivity contribution in [2.75, 3.05) is 46.4 Å². The summed E-state index contributed by atoms with van der Waals surface area (Å²) < 4.78 is 5.21. The average Bonchev–Trinajstić information content (AvgIpc) is 3.36. The van der Waals surface area contributed by atoms with Crippen molar-refractivity contribution < 1.29 is 14.3 Å². The van der Waals surface area contributed by atoms with Crippen LogP contribution in [0.1, 0.15) is 51.9 Å². The number of carbonyl (C=O) groups excluding carboxylic acids is 2. The molecule has 4 rings (SSSR count). The summed E-state index contributed by atoms with van der Waals surface area (Å²) in [5.74, 6) is 0.631. The SMILES string of the molecule is CCOC(=O)N1CCC2(CCC2N2CCC([C@@H]3CCCN3C(=O)NC)CC2)C1. The number of nitrogens with one attached hydrogen (secondary N) is 1. The Hall–Kier alpha value is -1.50. The number of piperidine rings is 1. The van der Waals surface area contributed by atoms with Crippen molar-refractivity contribution in [3.63, 3.8) is 0 Å². The van der Waals surface area contributed by atoms with Crippen LogP contribution in [0, 0.1) is 11.3 Å². The Labute approximate surface area is 168 Å². The Bertz CT molecular complexity index is 592. The molecule has 3 atom stereocenters. The maximum atomic E-state index is 12.2. The number of likely N-dealkylation sites (tertiary alicyclic amines) is 3. The van der Waals surface area contributed by atoms with Gasteiger partial charge in [-0.25, -0.2) is 9.59 Å². The van der Waals surface area contributed by atoms with Crippen molar-refractivity contribution in [1.82, 2.24) is 20.0 Å². The Kier molecular flexibility index (Phi) is 5.72. The van der Waals surface area contributed by atoms with Crippen LogP contribution in [0.5, 0.6) is 0 Å². The van der Waals surface area contributed by atoms with E-state index in [2.05, 4.69) is 15.1 Å². The highest BCUT2D eigenvalue weighted by Crippen LogP contribution is 2.51. The van der Waals surface area contributed by atoms with E-state index in [0.717, 1.165) is 52.0 Å². The predicted molar refractivity (Wildman–Crippen MR) is 107 cm³/mol. The van der Waals surface area contributed by atoms with Crippen LogP contribution in [0.3, 0.4) is 0 Å². The third-order valence-electron chi connectivity index (χ3n) is 7.87. The summed E-state index contributed by atoms with van der Waals surface area (Å²) in [6.45, 7) is 7.20. The van der Waals surface area contributed by atoms with E-state index in [4.69, 9.17) is 4.74 Å². The van der Waals surface area contributed by atoms with Crippen LogP contribution in [-0.4, -0.2) is 85.3 Å². The molecule has 0 bridgehead atoms. The normalized spacial score (nSPS) is 33.9. The third-order valence-corrected chi connectivity index (χ3v) is 7.87. The van der Waals surface area contributed by atoms with Gasteiger partial charge in [-0.05, 0) is 70.9 Å². The van der Waals surface area contributed by atoms with E-state index in [-0.39, 0.29) is 12.1 Å². The highest BCUT2D eigenvalue weighted by Gasteiger charge is 2.54. The van der Waals surface area contributed by atoms with Gasteiger partial charge < -0.3 is 19.9 Å². The minimum atomic E-state index is -0.140. The van der Waals surface area contributed by atoms with Gasteiger partial charge in [0.2, 0.25) is 0 Å². The standard InChI is InChI=1S/C21H36N4O3/c1-3-28-20(27)24-14-10-21(15-24)9-6-18(21)23-12-7-16(8-13-23)17-5-4-11-25(17)19(26)22-2/h16-18H,3-15H2,1-2H3,(H,22,26)/t17-,18?,21?/m0/s1. The largest absolute Gasteiger partial charge is 0.450 e. The van der Waals surface area contributed by atoms with Gasteiger partial charge in [0.05, 0.1) is 6.61 Å². The second kappa shape index (κ2) is 8.09. The number of amides is 3. The molecule has 0 radical (unpaired) electrons. The number of urea groups is 1. The highest BCUT2D eigenvalue weighted by molar-refractivity contribution is 5.74. The number of nitrogens with zero attached hydrogens (tertiary/aromatic N) is 3. The van der Waals surface area contributed by atoms with Crippen LogP contribution in [0.15, 0.2) is 0 Å². The van der Waals surface area contributed by atoms with Crippen molar-refractivity contribution in [1.29, 1.82) is 0 Å². The molecule has 3 saturated heterocycles. The first-order valence-electron chi connectivity index (χ1n) is 11.2. The Morgan fingerprint density at radius 1 is 1.07 bits per heavy atom. The summed E-state index contributed by atoms with van der Waals surface area (Å²) in [7, 11) is 1.73. The molecule has 1 saturated carbocycles. The molecule has 1 aliphatic carbocycles. The zero-order valence-electron chi connectivity index (χ0n) is 17.5. The van der Waals surface area contributed by atoms with Crippen molar-refractivity contribution in [2.45, 2.75) is 64.0 Å². The van der Waals surface area contributed by atoms with Gasteiger partial charge in [0.1, 0.15) is 0 Å². The van der Waals surface area contributed by atoms with E-state index >= 15 is 0 Å². The summed E-state index contributed by atoms with van der Waals surface area (Å²) in [5, 5.41) is 2.81. The quantitative estimate of drug-likeness (QED) is 0.802. The van der Waals surface area contributed by atoms with E-state index in [9.17, 15) is 9.59 Å². The minimum absolute atomic E-state index is 0.0906. The molecule has 1 N–H and O–H groups in total. The van der Waals surface area contributed by atoms with E-state index in [1.807, 2.05) is 11.8 Å². The summed E-state index contributed by atoms with van der Waals surface area (Å²) in [6.07, 6.45) is 8.13. The maximum absolute atomic E-state index is 12.2. The van der Waals surface area contributed by atoms with Crippen LogP contribution < -0.4 is 5.32 Å². The lowest BCUT2D eigenvalue weighted by atomic mass is 9.62. The Balaban J connectivity index is 1.31. The van der Waals surface area contributed by atoms with Crippen molar-refractivity contribution in [3.05, 3.63) is 0 Å². The molecular weight excluding hydrogens is 356 g/mol. The predicted octanol–water partition coefficient (Wildman–Crippen LogP) is 2.51. The summed E-state index contributed by atoms with van der Waals surface area (Å²) >= 11 is 0. The first-order chi connectivity index (χ1) is 13.6. The van der Waals surface area contributed by atoms with Gasteiger partial charge in [0, 0.05) is 44.2 Å².